The summed E-state index contributed by atoms with van der Waals surface area (Å²) in [5.41, 5.74) is 1.01. The van der Waals surface area contributed by atoms with E-state index in [1.807, 2.05) is 0 Å². The van der Waals surface area contributed by atoms with Crippen molar-refractivity contribution < 1.29 is 0 Å². The lowest BCUT2D eigenvalue weighted by molar-refractivity contribution is 1.11. The smallest absolute Gasteiger partial charge is 0.120 e. The molecule has 0 fully saturated rings. The van der Waals surface area contributed by atoms with Gasteiger partial charge in [0, 0.05) is 0 Å². The van der Waals surface area contributed by atoms with E-state index in [2.05, 4.69) is 21.7 Å². The summed E-state index contributed by atoms with van der Waals surface area (Å²) in [7, 11) is -0.120. The van der Waals surface area contributed by atoms with Crippen LogP contribution in [0.2, 0.25) is 6.55 Å². The summed E-state index contributed by atoms with van der Waals surface area (Å²) in [5, 5.41) is 6.51. The molecule has 4 heteroatoms. The molecule has 0 aliphatic heterocycles. The predicted octanol–water partition coefficient (Wildman–Crippen LogP) is -1.35. The third-order valence-electron chi connectivity index (χ3n) is 0.781. The van der Waals surface area contributed by atoms with Crippen LogP contribution in [0.25, 0.3) is 0 Å². The number of H-pyrrole nitrogens is 1. The lowest BCUT2D eigenvalue weighted by Crippen LogP contribution is -2.14. The second-order valence-corrected chi connectivity index (χ2v) is 2.61. The van der Waals surface area contributed by atoms with Gasteiger partial charge in [-0.15, -0.1) is 0 Å². The summed E-state index contributed by atoms with van der Waals surface area (Å²) in [5.74, 6) is 0. The number of hydrogen-bond donors (Lipinski definition) is 1. The molecule has 1 heterocycles. The minimum Gasteiger partial charge on any atom is -0.266 e. The number of nitrogens with one attached hydrogen (secondary N) is 1. The van der Waals surface area contributed by atoms with Crippen LogP contribution in [0.3, 0.4) is 0 Å². The molecule has 1 rings (SSSR count). The van der Waals surface area contributed by atoms with E-state index in [9.17, 15) is 0 Å². The van der Waals surface area contributed by atoms with Crippen LogP contribution in [-0.4, -0.2) is 24.7 Å². The van der Waals surface area contributed by atoms with Crippen LogP contribution in [0.4, 0.5) is 0 Å². The summed E-state index contributed by atoms with van der Waals surface area (Å²) >= 11 is 0. The Hall–Kier alpha value is -0.643. The first-order valence-corrected chi connectivity index (χ1v) is 4.40. The molecule has 0 radical (unpaired) electrons. The molecule has 0 aliphatic rings. The fourth-order valence-electron chi connectivity index (χ4n) is 0.406. The van der Waals surface area contributed by atoms with Crippen molar-refractivity contribution in [3.63, 3.8) is 0 Å². The Bertz CT molecular complexity index is 125. The van der Waals surface area contributed by atoms with Gasteiger partial charge < -0.3 is 0 Å². The molecule has 0 aromatic carbocycles. The monoisotopic (exact) mass is 113 g/mol. The van der Waals surface area contributed by atoms with Gasteiger partial charge in [-0.25, -0.2) is 4.98 Å². The predicted molar refractivity (Wildman–Crippen MR) is 30.4 cm³/mol. The fourth-order valence-corrected chi connectivity index (χ4v) is 0.929. The lowest BCUT2D eigenvalue weighted by atomic mass is 11.3. The number of aromatic nitrogens is 3. The summed E-state index contributed by atoms with van der Waals surface area (Å²) in [6.07, 6.45) is 1.62. The average Bonchev–Trinajstić information content (AvgIpc) is 2.14. The summed E-state index contributed by atoms with van der Waals surface area (Å²) in [4.78, 5) is 3.93. The molecule has 3 nitrogen and oxygen atoms in total. The molecule has 0 saturated carbocycles. The fraction of sp³-hybridized carbons (Fsp3) is 0.333. The molecule has 38 valence electrons. The van der Waals surface area contributed by atoms with Crippen molar-refractivity contribution in [3.8, 4) is 0 Å². The van der Waals surface area contributed by atoms with E-state index in [1.54, 1.807) is 6.33 Å². The van der Waals surface area contributed by atoms with Crippen molar-refractivity contribution in [2.75, 3.05) is 0 Å². The molecule has 0 atom stereocenters. The maximum absolute atomic E-state index is 3.93. The maximum Gasteiger partial charge on any atom is 0.120 e. The highest BCUT2D eigenvalue weighted by atomic mass is 28.2. The van der Waals surface area contributed by atoms with Gasteiger partial charge in [0.05, 0.1) is 0 Å². The third kappa shape index (κ3) is 0.864. The average molecular weight is 113 g/mol. The molecular formula is C3H7N3Si. The standard InChI is InChI=1S/C3H7N3Si/c1-7-3-4-2-5-6-3/h2H,7H2,1H3,(H,4,5,6). The van der Waals surface area contributed by atoms with Gasteiger partial charge in [0.15, 0.2) is 0 Å². The zero-order chi connectivity index (χ0) is 5.11. The summed E-state index contributed by atoms with van der Waals surface area (Å²) < 4.78 is 0. The molecule has 0 spiro atoms. The number of hydrogen-bond acceptors (Lipinski definition) is 2. The largest absolute Gasteiger partial charge is 0.266 e. The van der Waals surface area contributed by atoms with Gasteiger partial charge in [-0.1, -0.05) is 6.55 Å². The van der Waals surface area contributed by atoms with Gasteiger partial charge >= 0.3 is 0 Å². The number of rotatable bonds is 1. The molecule has 1 N–H and O–H groups in total. The highest BCUT2D eigenvalue weighted by molar-refractivity contribution is 6.49. The second-order valence-electron chi connectivity index (χ2n) is 1.27. The maximum atomic E-state index is 3.93. The third-order valence-corrected chi connectivity index (χ3v) is 1.75. The lowest BCUT2D eigenvalue weighted by Gasteiger charge is -1.74. The van der Waals surface area contributed by atoms with E-state index in [1.165, 1.54) is 0 Å². The van der Waals surface area contributed by atoms with Gasteiger partial charge in [0.1, 0.15) is 21.3 Å². The van der Waals surface area contributed by atoms with Gasteiger partial charge in [-0.05, 0) is 0 Å². The van der Waals surface area contributed by atoms with E-state index in [4.69, 9.17) is 0 Å². The van der Waals surface area contributed by atoms with Crippen molar-refractivity contribution in [1.82, 2.24) is 15.2 Å². The van der Waals surface area contributed by atoms with Crippen molar-refractivity contribution in [2.24, 2.45) is 0 Å². The molecule has 0 amide bonds. The first kappa shape index (κ1) is 4.51. The molecule has 0 bridgehead atoms. The van der Waals surface area contributed by atoms with Gasteiger partial charge in [-0.3, -0.25) is 5.10 Å². The zero-order valence-corrected chi connectivity index (χ0v) is 5.59. The minimum atomic E-state index is -0.120. The van der Waals surface area contributed by atoms with Crippen molar-refractivity contribution >= 4 is 15.0 Å². The zero-order valence-electron chi connectivity index (χ0n) is 4.18. The van der Waals surface area contributed by atoms with Crippen LogP contribution in [0.5, 0.6) is 0 Å². The first-order valence-electron chi connectivity index (χ1n) is 2.28. The van der Waals surface area contributed by atoms with Crippen molar-refractivity contribution in [3.05, 3.63) is 6.33 Å². The minimum absolute atomic E-state index is 0.120. The van der Waals surface area contributed by atoms with Crippen LogP contribution in [0.1, 0.15) is 0 Å². The Balaban J connectivity index is 2.76. The number of nitrogens with zero attached hydrogens (tertiary/aromatic N) is 2. The highest BCUT2D eigenvalue weighted by Gasteiger charge is 1.86. The Kier molecular flexibility index (Phi) is 1.21. The highest BCUT2D eigenvalue weighted by Crippen LogP contribution is 1.56. The van der Waals surface area contributed by atoms with Gasteiger partial charge in [0.25, 0.3) is 0 Å². The van der Waals surface area contributed by atoms with E-state index >= 15 is 0 Å². The molecule has 0 saturated heterocycles. The normalized spacial score (nSPS) is 11.0. The van der Waals surface area contributed by atoms with Crippen LogP contribution < -0.4 is 5.45 Å². The molecule has 0 aliphatic carbocycles. The van der Waals surface area contributed by atoms with Crippen LogP contribution in [0, 0.1) is 0 Å². The Morgan fingerprint density at radius 1 is 1.86 bits per heavy atom. The molecule has 0 unspecified atom stereocenters. The molecule has 1 aromatic heterocycles. The number of aromatic amines is 1. The van der Waals surface area contributed by atoms with Crippen LogP contribution >= 0.6 is 0 Å². The van der Waals surface area contributed by atoms with E-state index < -0.39 is 0 Å². The van der Waals surface area contributed by atoms with Crippen LogP contribution in [-0.2, 0) is 0 Å². The van der Waals surface area contributed by atoms with Gasteiger partial charge in [0.2, 0.25) is 0 Å². The van der Waals surface area contributed by atoms with E-state index in [0.717, 1.165) is 5.45 Å². The topological polar surface area (TPSA) is 41.6 Å². The second kappa shape index (κ2) is 1.88. The Morgan fingerprint density at radius 3 is 3.00 bits per heavy atom. The molecule has 7 heavy (non-hydrogen) atoms. The quantitative estimate of drug-likeness (QED) is 0.457. The molecule has 1 aromatic rings. The van der Waals surface area contributed by atoms with Gasteiger partial charge in [-0.2, -0.15) is 5.10 Å². The van der Waals surface area contributed by atoms with E-state index in [0.29, 0.717) is 0 Å². The first-order chi connectivity index (χ1) is 3.43. The molecular weight excluding hydrogens is 106 g/mol. The van der Waals surface area contributed by atoms with E-state index in [-0.39, 0.29) is 9.52 Å². The Labute approximate surface area is 44.0 Å². The van der Waals surface area contributed by atoms with Crippen LogP contribution in [0.15, 0.2) is 6.33 Å². The van der Waals surface area contributed by atoms with Crippen molar-refractivity contribution in [1.29, 1.82) is 0 Å². The SMILES string of the molecule is C[SiH2]c1nc[nH]n1. The summed E-state index contributed by atoms with van der Waals surface area (Å²) in [6, 6.07) is 0. The summed E-state index contributed by atoms with van der Waals surface area (Å²) in [6.45, 7) is 2.16. The van der Waals surface area contributed by atoms with Crippen molar-refractivity contribution in [2.45, 2.75) is 6.55 Å². The Morgan fingerprint density at radius 2 is 2.71 bits per heavy atom.